The number of fused-ring (bicyclic) bond motifs is 1. The van der Waals surface area contributed by atoms with Gasteiger partial charge < -0.3 is 15.7 Å². The van der Waals surface area contributed by atoms with Crippen molar-refractivity contribution in [3.63, 3.8) is 0 Å². The lowest BCUT2D eigenvalue weighted by Crippen LogP contribution is -2.72. The quantitative estimate of drug-likeness (QED) is 0.617. The number of thioether (sulfide) groups is 2. The number of nitrogens with zero attached hydrogens (tertiary/aromatic N) is 2. The number of nitrogens with two attached hydrogens (primary N) is 1. The molecule has 0 aromatic carbocycles. The summed E-state index contributed by atoms with van der Waals surface area (Å²) >= 11 is 4.53. The number of amides is 1. The van der Waals surface area contributed by atoms with E-state index in [9.17, 15) is 14.7 Å². The number of aryl methyl sites for hydroxylation is 1. The third-order valence-electron chi connectivity index (χ3n) is 3.73. The molecule has 3 atom stereocenters. The molecule has 1 amide bonds. The highest BCUT2D eigenvalue weighted by molar-refractivity contribution is 8.01. The molecular weight excluding hydrogens is 330 g/mol. The van der Waals surface area contributed by atoms with Crippen LogP contribution in [0.5, 0.6) is 0 Å². The molecule has 2 aliphatic heterocycles. The van der Waals surface area contributed by atoms with Crippen molar-refractivity contribution in [2.45, 2.75) is 22.5 Å². The lowest BCUT2D eigenvalue weighted by molar-refractivity contribution is -0.155. The standard InChI is InChI=1S/C12H15N3O3S3/c1-6-14-2-7(21-6)19-4-12(11(17)18)3-15-9(16)8(13)10(15)20-5-12/h2,8,10H,3-5,13H2,1H3,(H,17,18)/t8?,10-,12?/m1/s1. The van der Waals surface area contributed by atoms with E-state index in [0.29, 0.717) is 11.5 Å². The third-order valence-corrected chi connectivity index (χ3v) is 7.74. The average Bonchev–Trinajstić information content (AvgIpc) is 2.89. The number of aliphatic carboxylic acids is 1. The first-order valence-electron chi connectivity index (χ1n) is 6.39. The SMILES string of the molecule is Cc1ncc(SCC2(C(=O)O)CS[C@@H]3C(N)C(=O)N3C2)s1. The van der Waals surface area contributed by atoms with Gasteiger partial charge in [0.2, 0.25) is 5.91 Å². The lowest BCUT2D eigenvalue weighted by Gasteiger charge is -2.52. The van der Waals surface area contributed by atoms with E-state index in [4.69, 9.17) is 5.73 Å². The molecule has 1 aromatic heterocycles. The maximum atomic E-state index is 11.8. The van der Waals surface area contributed by atoms with Gasteiger partial charge in [0.1, 0.15) is 16.8 Å². The number of carboxylic acid groups (broad SMARTS) is 1. The number of aromatic nitrogens is 1. The van der Waals surface area contributed by atoms with Gasteiger partial charge in [-0.3, -0.25) is 9.59 Å². The fourth-order valence-electron chi connectivity index (χ4n) is 2.43. The molecule has 0 spiro atoms. The van der Waals surface area contributed by atoms with Crippen LogP contribution in [0.25, 0.3) is 0 Å². The van der Waals surface area contributed by atoms with Gasteiger partial charge in [-0.05, 0) is 6.92 Å². The normalized spacial score (nSPS) is 31.7. The molecule has 21 heavy (non-hydrogen) atoms. The van der Waals surface area contributed by atoms with Crippen LogP contribution in [0, 0.1) is 12.3 Å². The molecular formula is C12H15N3O3S3. The molecule has 2 unspecified atom stereocenters. The molecule has 2 saturated heterocycles. The van der Waals surface area contributed by atoms with Crippen molar-refractivity contribution in [3.05, 3.63) is 11.2 Å². The zero-order valence-electron chi connectivity index (χ0n) is 11.3. The Kier molecular flexibility index (Phi) is 3.93. The molecule has 3 heterocycles. The van der Waals surface area contributed by atoms with Crippen LogP contribution < -0.4 is 5.73 Å². The van der Waals surface area contributed by atoms with Gasteiger partial charge in [0.15, 0.2) is 0 Å². The van der Waals surface area contributed by atoms with Crippen molar-refractivity contribution in [1.82, 2.24) is 9.88 Å². The van der Waals surface area contributed by atoms with Gasteiger partial charge >= 0.3 is 5.97 Å². The van der Waals surface area contributed by atoms with Crippen LogP contribution in [0.2, 0.25) is 0 Å². The van der Waals surface area contributed by atoms with Crippen molar-refractivity contribution in [2.24, 2.45) is 11.1 Å². The van der Waals surface area contributed by atoms with E-state index in [1.165, 1.54) is 23.5 Å². The summed E-state index contributed by atoms with van der Waals surface area (Å²) < 4.78 is 1.01. The first-order valence-corrected chi connectivity index (χ1v) is 9.24. The number of carbonyl (C=O) groups excluding carboxylic acids is 1. The molecule has 2 aliphatic rings. The largest absolute Gasteiger partial charge is 0.481 e. The second kappa shape index (κ2) is 5.45. The molecule has 0 saturated carbocycles. The van der Waals surface area contributed by atoms with Crippen LogP contribution in [0.1, 0.15) is 5.01 Å². The lowest BCUT2D eigenvalue weighted by atomic mass is 9.89. The van der Waals surface area contributed by atoms with Gasteiger partial charge in [-0.15, -0.1) is 34.9 Å². The Morgan fingerprint density at radius 1 is 1.71 bits per heavy atom. The Balaban J connectivity index is 1.72. The third kappa shape index (κ3) is 2.56. The van der Waals surface area contributed by atoms with E-state index >= 15 is 0 Å². The topological polar surface area (TPSA) is 96.5 Å². The molecule has 1 aromatic rings. The van der Waals surface area contributed by atoms with Crippen LogP contribution in [-0.4, -0.2) is 56.3 Å². The summed E-state index contributed by atoms with van der Waals surface area (Å²) in [5.74, 6) is -0.0789. The first kappa shape index (κ1) is 15.1. The van der Waals surface area contributed by atoms with Gasteiger partial charge in [0, 0.05) is 18.1 Å². The maximum Gasteiger partial charge on any atom is 0.313 e. The highest BCUT2D eigenvalue weighted by atomic mass is 32.2. The first-order chi connectivity index (χ1) is 9.93. The van der Waals surface area contributed by atoms with Gasteiger partial charge in [-0.2, -0.15) is 0 Å². The Hall–Kier alpha value is -0.770. The number of rotatable bonds is 4. The minimum absolute atomic E-state index is 0.0550. The van der Waals surface area contributed by atoms with Crippen molar-refractivity contribution >= 4 is 46.7 Å². The fourth-order valence-corrected chi connectivity index (χ4v) is 6.18. The summed E-state index contributed by atoms with van der Waals surface area (Å²) in [6, 6.07) is -0.474. The molecule has 0 bridgehead atoms. The second-order valence-corrected chi connectivity index (χ2v) is 8.88. The van der Waals surface area contributed by atoms with Gasteiger partial charge in [0.25, 0.3) is 0 Å². The smallest absolute Gasteiger partial charge is 0.313 e. The Morgan fingerprint density at radius 2 is 2.48 bits per heavy atom. The summed E-state index contributed by atoms with van der Waals surface area (Å²) in [5, 5.41) is 10.6. The minimum atomic E-state index is -0.917. The van der Waals surface area contributed by atoms with E-state index < -0.39 is 17.4 Å². The number of hydrogen-bond acceptors (Lipinski definition) is 7. The van der Waals surface area contributed by atoms with Gasteiger partial charge in [-0.25, -0.2) is 4.98 Å². The Morgan fingerprint density at radius 3 is 3.10 bits per heavy atom. The fraction of sp³-hybridized carbons (Fsp3) is 0.583. The van der Waals surface area contributed by atoms with Crippen molar-refractivity contribution in [3.8, 4) is 0 Å². The van der Waals surface area contributed by atoms with Gasteiger partial charge in [-0.1, -0.05) is 0 Å². The van der Waals surface area contributed by atoms with Crippen molar-refractivity contribution in [1.29, 1.82) is 0 Å². The van der Waals surface area contributed by atoms with Crippen LogP contribution in [-0.2, 0) is 9.59 Å². The predicted octanol–water partition coefficient (Wildman–Crippen LogP) is 0.857. The van der Waals surface area contributed by atoms with Crippen LogP contribution in [0.15, 0.2) is 10.4 Å². The minimum Gasteiger partial charge on any atom is -0.481 e. The Labute approximate surface area is 134 Å². The number of carboxylic acids is 1. The van der Waals surface area contributed by atoms with E-state index in [2.05, 4.69) is 4.98 Å². The number of β-lactam (4-membered cyclic amide) rings is 1. The monoisotopic (exact) mass is 345 g/mol. The maximum absolute atomic E-state index is 11.8. The highest BCUT2D eigenvalue weighted by Gasteiger charge is 2.55. The zero-order chi connectivity index (χ0) is 15.2. The molecule has 9 heteroatoms. The predicted molar refractivity (Wildman–Crippen MR) is 83.6 cm³/mol. The average molecular weight is 345 g/mol. The van der Waals surface area contributed by atoms with E-state index in [1.54, 1.807) is 22.4 Å². The summed E-state index contributed by atoms with van der Waals surface area (Å²) in [4.78, 5) is 29.3. The number of thiazole rings is 1. The zero-order valence-corrected chi connectivity index (χ0v) is 13.8. The van der Waals surface area contributed by atoms with Crippen molar-refractivity contribution < 1.29 is 14.7 Å². The molecule has 3 N–H and O–H groups in total. The van der Waals surface area contributed by atoms with Crippen LogP contribution >= 0.6 is 34.9 Å². The number of carbonyl (C=O) groups is 2. The van der Waals surface area contributed by atoms with E-state index in [1.807, 2.05) is 6.92 Å². The molecule has 6 nitrogen and oxygen atoms in total. The van der Waals surface area contributed by atoms with E-state index in [-0.39, 0.29) is 17.8 Å². The molecule has 0 aliphatic carbocycles. The number of hydrogen-bond donors (Lipinski definition) is 2. The summed E-state index contributed by atoms with van der Waals surface area (Å²) in [6.07, 6.45) is 1.77. The second-order valence-electron chi connectivity index (χ2n) is 5.27. The molecule has 3 rings (SSSR count). The van der Waals surface area contributed by atoms with Gasteiger partial charge in [0.05, 0.1) is 15.4 Å². The summed E-state index contributed by atoms with van der Waals surface area (Å²) in [6.45, 7) is 2.17. The summed E-state index contributed by atoms with van der Waals surface area (Å²) in [7, 11) is 0. The van der Waals surface area contributed by atoms with Crippen LogP contribution in [0.3, 0.4) is 0 Å². The molecule has 114 valence electrons. The molecule has 0 radical (unpaired) electrons. The highest BCUT2D eigenvalue weighted by Crippen LogP contribution is 2.44. The van der Waals surface area contributed by atoms with Crippen LogP contribution in [0.4, 0.5) is 0 Å². The van der Waals surface area contributed by atoms with E-state index in [0.717, 1.165) is 9.22 Å². The summed E-state index contributed by atoms with van der Waals surface area (Å²) in [5.41, 5.74) is 4.82. The molecule has 2 fully saturated rings. The Bertz CT molecular complexity index is 593. The van der Waals surface area contributed by atoms with Crippen molar-refractivity contribution in [2.75, 3.05) is 18.1 Å².